The van der Waals surface area contributed by atoms with Crippen molar-refractivity contribution in [2.24, 2.45) is 5.92 Å². The Balaban J connectivity index is 1.51. The molecule has 1 aromatic carbocycles. The summed E-state index contributed by atoms with van der Waals surface area (Å²) in [6.45, 7) is 2.24. The van der Waals surface area contributed by atoms with Crippen LogP contribution in [0.15, 0.2) is 24.2 Å². The fourth-order valence-corrected chi connectivity index (χ4v) is 9.82. The molecular weight excluding hydrogens is 427 g/mol. The molecule has 0 amide bonds. The average Bonchev–Trinajstić information content (AvgIpc) is 2.76. The quantitative estimate of drug-likeness (QED) is 0.163. The second kappa shape index (κ2) is 11.5. The van der Waals surface area contributed by atoms with Crippen molar-refractivity contribution in [1.82, 2.24) is 0 Å². The van der Waals surface area contributed by atoms with Gasteiger partial charge in [0.15, 0.2) is 11.6 Å². The van der Waals surface area contributed by atoms with Crippen molar-refractivity contribution in [2.75, 3.05) is 0 Å². The van der Waals surface area contributed by atoms with Gasteiger partial charge in [-0.15, -0.1) is 0 Å². The van der Waals surface area contributed by atoms with Crippen molar-refractivity contribution in [2.45, 2.75) is 94.7 Å². The Morgan fingerprint density at radius 2 is 1.55 bits per heavy atom. The largest absolute Gasteiger partial charge is 0.422 e. The standard InChI is InChI=1S/C24H33F5OSi/c1-2-3-4-5-16-6-8-19(9-7-16)31-12-10-17(11-13-31)18-14-20(25)22(21(26)15-18)30-24(29)23(27)28/h14-17,19,31H,2-13H2,1H3/t16-,17-,19-,31-. The predicted molar refractivity (Wildman–Crippen MR) is 116 cm³/mol. The SMILES string of the molecule is CCCCC[C@H]1CC[C@H]([Si@H]2CC[C@H](c3cc(F)c(OC(F)=C(F)F)c(F)c3)CC2)CC1. The van der Waals surface area contributed by atoms with Gasteiger partial charge in [-0.25, -0.2) is 8.78 Å². The monoisotopic (exact) mass is 460 g/mol. The zero-order valence-corrected chi connectivity index (χ0v) is 19.4. The number of unbranched alkanes of at least 4 members (excludes halogenated alkanes) is 2. The summed E-state index contributed by atoms with van der Waals surface area (Å²) >= 11 is 0. The lowest BCUT2D eigenvalue weighted by atomic mass is 9.85. The van der Waals surface area contributed by atoms with Crippen molar-refractivity contribution in [3.8, 4) is 5.75 Å². The van der Waals surface area contributed by atoms with Crippen LogP contribution in [0.2, 0.25) is 17.6 Å². The minimum Gasteiger partial charge on any atom is -0.422 e. The van der Waals surface area contributed by atoms with Gasteiger partial charge >= 0.3 is 12.1 Å². The Hall–Kier alpha value is -1.37. The number of ether oxygens (including phenoxy) is 1. The van der Waals surface area contributed by atoms with E-state index >= 15 is 0 Å². The van der Waals surface area contributed by atoms with Crippen LogP contribution in [0, 0.1) is 17.6 Å². The third-order valence-corrected chi connectivity index (χ3v) is 11.5. The maximum atomic E-state index is 14.2. The fraction of sp³-hybridized carbons (Fsp3) is 0.667. The minimum absolute atomic E-state index is 0.0606. The molecule has 0 spiro atoms. The molecule has 1 aliphatic heterocycles. The molecule has 1 aliphatic carbocycles. The van der Waals surface area contributed by atoms with Gasteiger partial charge in [-0.1, -0.05) is 70.4 Å². The van der Waals surface area contributed by atoms with Gasteiger partial charge in [-0.05, 0) is 47.9 Å². The Bertz CT molecular complexity index is 725. The third-order valence-electron chi connectivity index (χ3n) is 7.38. The molecule has 0 radical (unpaired) electrons. The van der Waals surface area contributed by atoms with Crippen molar-refractivity contribution in [3.63, 3.8) is 0 Å². The molecule has 1 heterocycles. The van der Waals surface area contributed by atoms with Gasteiger partial charge in [0.1, 0.15) is 0 Å². The Labute approximate surface area is 183 Å². The van der Waals surface area contributed by atoms with E-state index in [0.29, 0.717) is 5.56 Å². The van der Waals surface area contributed by atoms with Crippen LogP contribution in [0.1, 0.15) is 82.6 Å². The van der Waals surface area contributed by atoms with Crippen molar-refractivity contribution in [3.05, 3.63) is 41.4 Å². The van der Waals surface area contributed by atoms with Crippen LogP contribution in [0.5, 0.6) is 5.75 Å². The molecule has 7 heteroatoms. The maximum absolute atomic E-state index is 14.2. The van der Waals surface area contributed by atoms with Crippen LogP contribution < -0.4 is 4.74 Å². The maximum Gasteiger partial charge on any atom is 0.344 e. The molecule has 2 aliphatic rings. The van der Waals surface area contributed by atoms with E-state index in [1.54, 1.807) is 0 Å². The lowest BCUT2D eigenvalue weighted by molar-refractivity contribution is 0.226. The summed E-state index contributed by atoms with van der Waals surface area (Å²) in [5, 5.41) is 0. The summed E-state index contributed by atoms with van der Waals surface area (Å²) < 4.78 is 69.7. The molecule has 31 heavy (non-hydrogen) atoms. The van der Waals surface area contributed by atoms with Crippen LogP contribution in [0.4, 0.5) is 22.0 Å². The fourth-order valence-electron chi connectivity index (χ4n) is 5.60. The molecule has 3 rings (SSSR count). The first-order valence-electron chi connectivity index (χ1n) is 11.8. The van der Waals surface area contributed by atoms with Crippen molar-refractivity contribution < 1.29 is 26.7 Å². The molecule has 1 saturated heterocycles. The van der Waals surface area contributed by atoms with E-state index in [-0.39, 0.29) is 5.92 Å². The van der Waals surface area contributed by atoms with Crippen LogP contribution in [-0.4, -0.2) is 8.80 Å². The molecular formula is C24H33F5OSi. The van der Waals surface area contributed by atoms with Crippen LogP contribution >= 0.6 is 0 Å². The van der Waals surface area contributed by atoms with Crippen molar-refractivity contribution >= 4 is 8.80 Å². The van der Waals surface area contributed by atoms with E-state index in [1.807, 2.05) is 0 Å². The Morgan fingerprint density at radius 3 is 2.10 bits per heavy atom. The van der Waals surface area contributed by atoms with Gasteiger partial charge in [-0.2, -0.15) is 13.2 Å². The summed E-state index contributed by atoms with van der Waals surface area (Å²) in [4.78, 5) is 0. The number of hydrogen-bond donors (Lipinski definition) is 0. The highest BCUT2D eigenvalue weighted by Gasteiger charge is 2.32. The van der Waals surface area contributed by atoms with Crippen LogP contribution in [0.25, 0.3) is 0 Å². The highest BCUT2D eigenvalue weighted by Crippen LogP contribution is 2.44. The van der Waals surface area contributed by atoms with E-state index in [0.717, 1.165) is 36.4 Å². The Kier molecular flexibility index (Phi) is 8.99. The first kappa shape index (κ1) is 24.3. The van der Waals surface area contributed by atoms with Crippen LogP contribution in [0.3, 0.4) is 0 Å². The first-order valence-corrected chi connectivity index (χ1v) is 14.1. The normalized spacial score (nSPS) is 26.5. The van der Waals surface area contributed by atoms with E-state index in [9.17, 15) is 22.0 Å². The number of hydrogen-bond acceptors (Lipinski definition) is 1. The highest BCUT2D eigenvalue weighted by molar-refractivity contribution is 6.60. The first-order chi connectivity index (χ1) is 14.9. The zero-order chi connectivity index (χ0) is 22.4. The zero-order valence-electron chi connectivity index (χ0n) is 18.2. The van der Waals surface area contributed by atoms with E-state index in [1.165, 1.54) is 63.5 Å². The summed E-state index contributed by atoms with van der Waals surface area (Å²) in [5.41, 5.74) is 1.41. The van der Waals surface area contributed by atoms with Gasteiger partial charge in [0.25, 0.3) is 0 Å². The molecule has 0 aromatic heterocycles. The highest BCUT2D eigenvalue weighted by atomic mass is 28.3. The second-order valence-corrected chi connectivity index (χ2v) is 13.0. The molecule has 0 bridgehead atoms. The lowest BCUT2D eigenvalue weighted by Crippen LogP contribution is -2.29. The van der Waals surface area contributed by atoms with E-state index in [2.05, 4.69) is 11.7 Å². The van der Waals surface area contributed by atoms with Crippen LogP contribution in [-0.2, 0) is 0 Å². The summed E-state index contributed by atoms with van der Waals surface area (Å²) in [6, 6.07) is 2.30. The Morgan fingerprint density at radius 1 is 0.935 bits per heavy atom. The van der Waals surface area contributed by atoms with Crippen molar-refractivity contribution in [1.29, 1.82) is 0 Å². The minimum atomic E-state index is -2.75. The lowest BCUT2D eigenvalue weighted by Gasteiger charge is -2.37. The molecule has 0 N–H and O–H groups in total. The van der Waals surface area contributed by atoms with Gasteiger partial charge in [-0.3, -0.25) is 0 Å². The second-order valence-electron chi connectivity index (χ2n) is 9.34. The molecule has 1 saturated carbocycles. The average molecular weight is 461 g/mol. The van der Waals surface area contributed by atoms with E-state index < -0.39 is 38.3 Å². The van der Waals surface area contributed by atoms with Gasteiger partial charge in [0.2, 0.25) is 5.75 Å². The van der Waals surface area contributed by atoms with Gasteiger partial charge in [0, 0.05) is 8.80 Å². The molecule has 0 unspecified atom stereocenters. The third kappa shape index (κ3) is 6.56. The summed E-state index contributed by atoms with van der Waals surface area (Å²) in [6.07, 6.45) is 9.88. The van der Waals surface area contributed by atoms with E-state index in [4.69, 9.17) is 0 Å². The summed E-state index contributed by atoms with van der Waals surface area (Å²) in [5.74, 6) is -2.44. The molecule has 174 valence electrons. The molecule has 1 nitrogen and oxygen atoms in total. The topological polar surface area (TPSA) is 9.23 Å². The smallest absolute Gasteiger partial charge is 0.344 e. The van der Waals surface area contributed by atoms with Gasteiger partial charge in [0.05, 0.1) is 0 Å². The van der Waals surface area contributed by atoms with Gasteiger partial charge < -0.3 is 4.74 Å². The molecule has 2 fully saturated rings. The number of benzene rings is 1. The predicted octanol–water partition coefficient (Wildman–Crippen LogP) is 8.62. The number of halogens is 5. The number of rotatable bonds is 8. The summed E-state index contributed by atoms with van der Waals surface area (Å²) in [7, 11) is -0.847. The molecule has 0 atom stereocenters. The molecule has 1 aromatic rings.